The first-order valence-electron chi connectivity index (χ1n) is 10.7. The Balaban J connectivity index is 1.70. The van der Waals surface area contributed by atoms with Gasteiger partial charge in [0.1, 0.15) is 10.7 Å². The fraction of sp³-hybridized carbons (Fsp3) is 0.200. The number of thiocarbonyl (C=S) groups is 1. The molecule has 182 valence electrons. The molecule has 1 unspecified atom stereocenters. The number of nitrogens with zero attached hydrogens (tertiary/aromatic N) is 1. The van der Waals surface area contributed by atoms with Crippen molar-refractivity contribution in [3.8, 4) is 0 Å². The molecule has 0 saturated heterocycles. The van der Waals surface area contributed by atoms with Crippen molar-refractivity contribution < 1.29 is 22.4 Å². The zero-order chi connectivity index (χ0) is 25.3. The number of carbonyl (C=O) groups is 1. The molecule has 3 N–H and O–H groups in total. The summed E-state index contributed by atoms with van der Waals surface area (Å²) in [4.78, 5) is 14.6. The minimum atomic E-state index is -4.62. The van der Waals surface area contributed by atoms with Gasteiger partial charge in [-0.2, -0.15) is 13.2 Å². The van der Waals surface area contributed by atoms with Crippen LogP contribution in [-0.2, 0) is 19.1 Å². The molecular weight excluding hydrogens is 499 g/mol. The summed E-state index contributed by atoms with van der Waals surface area (Å²) in [6, 6.07) is 10.8. The Morgan fingerprint density at radius 1 is 1.26 bits per heavy atom. The highest BCUT2D eigenvalue weighted by Crippen LogP contribution is 2.37. The molecule has 35 heavy (non-hydrogen) atoms. The van der Waals surface area contributed by atoms with Crippen LogP contribution in [0.3, 0.4) is 0 Å². The normalized spacial score (nSPS) is 16.5. The molecule has 0 radical (unpaired) electrons. The van der Waals surface area contributed by atoms with Gasteiger partial charge in [-0.15, -0.1) is 0 Å². The Morgan fingerprint density at radius 3 is 2.71 bits per heavy atom. The number of hydrogen-bond donors (Lipinski definition) is 2. The number of halogens is 4. The standard InChI is InChI=1S/C25H21ClF3N3O2S/c1-14(31-13-18-3-2-10-34-18)15-4-7-19-16(11-15)5-9-21(30)24(35)32(23(19)33)22-12-17(25(27,28)29)6-8-20(22)26/h2-4,6-8,10-12,21,31H,1,5,9,13,30H2. The second kappa shape index (κ2) is 9.85. The van der Waals surface area contributed by atoms with Gasteiger partial charge in [-0.05, 0) is 66.4 Å². The van der Waals surface area contributed by atoms with Crippen LogP contribution in [0.25, 0.3) is 5.70 Å². The van der Waals surface area contributed by atoms with Gasteiger partial charge in [0.05, 0.1) is 35.1 Å². The molecule has 0 fully saturated rings. The molecule has 1 aromatic heterocycles. The number of carbonyl (C=O) groups excluding carboxylic acids is 1. The minimum Gasteiger partial charge on any atom is -0.467 e. The summed E-state index contributed by atoms with van der Waals surface area (Å²) in [6.45, 7) is 4.48. The van der Waals surface area contributed by atoms with Crippen LogP contribution in [0.1, 0.15) is 39.2 Å². The molecule has 10 heteroatoms. The minimum absolute atomic E-state index is 0.00970. The van der Waals surface area contributed by atoms with Crippen molar-refractivity contribution in [3.63, 3.8) is 0 Å². The third-order valence-electron chi connectivity index (χ3n) is 5.72. The predicted octanol–water partition coefficient (Wildman–Crippen LogP) is 5.96. The van der Waals surface area contributed by atoms with E-state index >= 15 is 0 Å². The lowest BCUT2D eigenvalue weighted by Gasteiger charge is -2.31. The van der Waals surface area contributed by atoms with Crippen molar-refractivity contribution in [1.82, 2.24) is 5.32 Å². The van der Waals surface area contributed by atoms with Gasteiger partial charge in [-0.25, -0.2) is 0 Å². The van der Waals surface area contributed by atoms with E-state index in [-0.39, 0.29) is 15.7 Å². The van der Waals surface area contributed by atoms with Gasteiger partial charge < -0.3 is 15.5 Å². The smallest absolute Gasteiger partial charge is 0.416 e. The summed E-state index contributed by atoms with van der Waals surface area (Å²) >= 11 is 11.7. The molecule has 3 aromatic rings. The molecule has 2 aromatic carbocycles. The summed E-state index contributed by atoms with van der Waals surface area (Å²) < 4.78 is 45.4. The molecule has 0 aliphatic carbocycles. The lowest BCUT2D eigenvalue weighted by atomic mass is 9.93. The Hall–Kier alpha value is -3.14. The summed E-state index contributed by atoms with van der Waals surface area (Å²) in [5.41, 5.74) is 7.48. The maximum atomic E-state index is 13.6. The topological polar surface area (TPSA) is 71.5 Å². The maximum Gasteiger partial charge on any atom is 0.416 e. The average Bonchev–Trinajstić information content (AvgIpc) is 3.34. The molecule has 0 spiro atoms. The molecule has 1 atom stereocenters. The number of alkyl halides is 3. The number of fused-ring (bicyclic) bond motifs is 1. The maximum absolute atomic E-state index is 13.6. The first kappa shape index (κ1) is 25.0. The number of hydrogen-bond acceptors (Lipinski definition) is 5. The number of anilines is 1. The molecule has 1 aliphatic heterocycles. The zero-order valence-corrected chi connectivity index (χ0v) is 19.9. The molecule has 4 rings (SSSR count). The van der Waals surface area contributed by atoms with E-state index in [2.05, 4.69) is 11.9 Å². The number of nitrogens with two attached hydrogens (primary N) is 1. The van der Waals surface area contributed by atoms with E-state index in [1.54, 1.807) is 24.5 Å². The lowest BCUT2D eigenvalue weighted by Crippen LogP contribution is -2.48. The second-order valence-electron chi connectivity index (χ2n) is 8.07. The first-order valence-corrected chi connectivity index (χ1v) is 11.4. The van der Waals surface area contributed by atoms with Crippen LogP contribution in [0.15, 0.2) is 65.8 Å². The average molecular weight is 520 g/mol. The van der Waals surface area contributed by atoms with Crippen molar-refractivity contribution >= 4 is 46.1 Å². The molecule has 2 heterocycles. The summed E-state index contributed by atoms with van der Waals surface area (Å²) in [5, 5.41) is 3.13. The van der Waals surface area contributed by atoms with Gasteiger partial charge >= 0.3 is 6.18 Å². The van der Waals surface area contributed by atoms with Gasteiger partial charge in [0, 0.05) is 11.3 Å². The summed E-state index contributed by atoms with van der Waals surface area (Å²) in [5.74, 6) is 0.141. The van der Waals surface area contributed by atoms with E-state index in [1.807, 2.05) is 12.1 Å². The second-order valence-corrected chi connectivity index (χ2v) is 8.90. The molecule has 5 nitrogen and oxygen atoms in total. The molecule has 0 bridgehead atoms. The van der Waals surface area contributed by atoms with E-state index in [4.69, 9.17) is 34.0 Å². The van der Waals surface area contributed by atoms with Crippen molar-refractivity contribution in [3.05, 3.63) is 94.4 Å². The Morgan fingerprint density at radius 2 is 2.03 bits per heavy atom. The van der Waals surface area contributed by atoms with Crippen LogP contribution in [-0.4, -0.2) is 16.9 Å². The van der Waals surface area contributed by atoms with Gasteiger partial charge in [-0.3, -0.25) is 9.69 Å². The van der Waals surface area contributed by atoms with Crippen LogP contribution < -0.4 is 16.0 Å². The highest BCUT2D eigenvalue weighted by Gasteiger charge is 2.35. The summed E-state index contributed by atoms with van der Waals surface area (Å²) in [6.07, 6.45) is -2.20. The van der Waals surface area contributed by atoms with E-state index in [9.17, 15) is 18.0 Å². The largest absolute Gasteiger partial charge is 0.467 e. The van der Waals surface area contributed by atoms with Crippen molar-refractivity contribution in [2.24, 2.45) is 5.73 Å². The zero-order valence-electron chi connectivity index (χ0n) is 18.4. The monoisotopic (exact) mass is 519 g/mol. The Labute approximate surface area is 210 Å². The van der Waals surface area contributed by atoms with Gasteiger partial charge in [0.15, 0.2) is 0 Å². The van der Waals surface area contributed by atoms with Crippen LogP contribution in [0.4, 0.5) is 18.9 Å². The van der Waals surface area contributed by atoms with E-state index < -0.39 is 23.7 Å². The van der Waals surface area contributed by atoms with Crippen molar-refractivity contribution in [2.45, 2.75) is 31.6 Å². The molecular formula is C25H21ClF3N3O2S. The number of nitrogens with one attached hydrogen (secondary N) is 1. The van der Waals surface area contributed by atoms with Crippen LogP contribution in [0, 0.1) is 0 Å². The van der Waals surface area contributed by atoms with Crippen molar-refractivity contribution in [1.29, 1.82) is 0 Å². The number of furan rings is 1. The van der Waals surface area contributed by atoms with Gasteiger partial charge in [0.25, 0.3) is 5.91 Å². The third-order valence-corrected chi connectivity index (χ3v) is 6.52. The SMILES string of the molecule is C=C(NCc1ccco1)c1ccc2c(c1)CCC(N)C(=S)N(c1cc(C(F)(F)F)ccc1Cl)C2=O. The lowest BCUT2D eigenvalue weighted by molar-refractivity contribution is -0.137. The van der Waals surface area contributed by atoms with Gasteiger partial charge in [0.2, 0.25) is 0 Å². The highest BCUT2D eigenvalue weighted by molar-refractivity contribution is 7.80. The Kier molecular flexibility index (Phi) is 7.02. The number of aryl methyl sites for hydroxylation is 1. The number of benzene rings is 2. The third kappa shape index (κ3) is 5.27. The van der Waals surface area contributed by atoms with Gasteiger partial charge in [-0.1, -0.05) is 36.5 Å². The van der Waals surface area contributed by atoms with E-state index in [0.29, 0.717) is 36.2 Å². The van der Waals surface area contributed by atoms with Crippen LogP contribution in [0.5, 0.6) is 0 Å². The van der Waals surface area contributed by atoms with Crippen LogP contribution >= 0.6 is 23.8 Å². The van der Waals surface area contributed by atoms with Crippen LogP contribution in [0.2, 0.25) is 5.02 Å². The highest BCUT2D eigenvalue weighted by atomic mass is 35.5. The Bertz CT molecular complexity index is 1290. The molecule has 1 aliphatic rings. The van der Waals surface area contributed by atoms with Crippen molar-refractivity contribution in [2.75, 3.05) is 4.90 Å². The molecule has 1 amide bonds. The fourth-order valence-electron chi connectivity index (χ4n) is 3.82. The number of rotatable bonds is 5. The van der Waals surface area contributed by atoms with E-state index in [1.165, 1.54) is 0 Å². The quantitative estimate of drug-likeness (QED) is 0.407. The fourth-order valence-corrected chi connectivity index (χ4v) is 4.32. The predicted molar refractivity (Wildman–Crippen MR) is 133 cm³/mol. The first-order chi connectivity index (χ1) is 16.6. The summed E-state index contributed by atoms with van der Waals surface area (Å²) in [7, 11) is 0. The molecule has 0 saturated carbocycles. The van der Waals surface area contributed by atoms with E-state index in [0.717, 1.165) is 34.4 Å². The number of amides is 1.